The molecule has 0 bridgehead atoms. The highest BCUT2D eigenvalue weighted by atomic mass is 35.5. The number of hydrogen-bond donors (Lipinski definition) is 5. The number of amides is 5. The second-order valence-corrected chi connectivity index (χ2v) is 26.4. The summed E-state index contributed by atoms with van der Waals surface area (Å²) in [5.74, 6) is 1.35. The van der Waals surface area contributed by atoms with Gasteiger partial charge in [-0.25, -0.2) is 41.6 Å². The van der Waals surface area contributed by atoms with Crippen LogP contribution in [0.4, 0.5) is 34.3 Å². The van der Waals surface area contributed by atoms with Gasteiger partial charge in [0.05, 0.1) is 37.2 Å². The Balaban J connectivity index is 0.000000156. The molecule has 9 heterocycles. The number of urea groups is 1. The van der Waals surface area contributed by atoms with E-state index in [0.717, 1.165) is 12.5 Å². The number of furan rings is 1. The standard InChI is InChI=1S/C17H14ClN5O3S2.C17H14ClN5O3S.C16H14N6OS.C14H11N5O2/c1-27-17-21-14(13-5-3-4-8-19-13)20-16(23-17)22-15(24)11-7-6-10(9-12(11)18)28(2,25)26;1-10-20-15(14-5-3-4-8-19-14)22-17(21-10)23-16(24)12-7-6-11(9-13(12)18)27(2,25)26;1-24-16-20-13(12-9-5-6-10-17-12)19-14(22-16)21-15(23)18-11-7-3-2-4-8-11;1-9-16-12(10-5-2-3-7-15-10)18-14(17-9)19-13(20)11-6-4-8-21-11/h3-9H,1-2H3,(H,20,21,22,23,24);3-9H,1-2H3,(H,20,21,22,23,24);2-10H,1H3,(H2,18,19,20,21,22,23);2-8H,1H3,(H,16,17,18,19,20). The Kier molecular flexibility index (Phi) is 24.8. The van der Waals surface area contributed by atoms with Crippen molar-refractivity contribution in [2.45, 2.75) is 34.0 Å². The molecule has 12 rings (SSSR count). The molecule has 0 atom stereocenters. The van der Waals surface area contributed by atoms with E-state index in [1.165, 1.54) is 66.2 Å². The Labute approximate surface area is 589 Å². The van der Waals surface area contributed by atoms with E-state index in [0.29, 0.717) is 73.7 Å². The monoisotopic (exact) mass is 1460 g/mol. The maximum absolute atomic E-state index is 12.6. The number of rotatable bonds is 16. The number of halogens is 2. The molecular formula is C64H53Cl2N21O9S4. The maximum Gasteiger partial charge on any atom is 0.326 e. The molecule has 0 aliphatic rings. The smallest absolute Gasteiger partial charge is 0.326 e. The summed E-state index contributed by atoms with van der Waals surface area (Å²) >= 11 is 14.8. The molecule has 0 aliphatic carbocycles. The lowest BCUT2D eigenvalue weighted by atomic mass is 10.2. The largest absolute Gasteiger partial charge is 0.459 e. The van der Waals surface area contributed by atoms with Gasteiger partial charge in [0.2, 0.25) is 23.8 Å². The van der Waals surface area contributed by atoms with Gasteiger partial charge in [0.15, 0.2) is 59.0 Å². The number of anilines is 5. The summed E-state index contributed by atoms with van der Waals surface area (Å²) in [4.78, 5) is 116. The van der Waals surface area contributed by atoms with Crippen molar-refractivity contribution in [1.82, 2.24) is 79.7 Å². The van der Waals surface area contributed by atoms with Crippen LogP contribution in [0, 0.1) is 13.8 Å². The Hall–Kier alpha value is -11.6. The minimum absolute atomic E-state index is 0.00419. The number of pyridine rings is 4. The minimum atomic E-state index is -3.43. The first-order chi connectivity index (χ1) is 48.0. The van der Waals surface area contributed by atoms with Crippen LogP contribution >= 0.6 is 46.7 Å². The van der Waals surface area contributed by atoms with Gasteiger partial charge in [-0.15, -0.1) is 0 Å². The van der Waals surface area contributed by atoms with Crippen LogP contribution in [0.2, 0.25) is 10.0 Å². The number of para-hydroxylation sites is 1. The third-order valence-electron chi connectivity index (χ3n) is 12.6. The Morgan fingerprint density at radius 3 is 1.12 bits per heavy atom. The van der Waals surface area contributed by atoms with Crippen LogP contribution in [-0.4, -0.2) is 145 Å². The first-order valence-electron chi connectivity index (χ1n) is 28.8. The van der Waals surface area contributed by atoms with Gasteiger partial charge < -0.3 is 9.73 Å². The topological polar surface area (TPSA) is 416 Å². The van der Waals surface area contributed by atoms with E-state index in [-0.39, 0.29) is 60.5 Å². The maximum atomic E-state index is 12.6. The predicted molar refractivity (Wildman–Crippen MR) is 376 cm³/mol. The molecule has 100 heavy (non-hydrogen) atoms. The SMILES string of the molecule is CSc1nc(NC(=O)Nc2ccccc2)nc(-c2ccccn2)n1.CSc1nc(NC(=O)c2ccc(S(C)(=O)=O)cc2Cl)nc(-c2ccccn2)n1.Cc1nc(NC(=O)c2ccc(S(C)(=O)=O)cc2Cl)nc(-c2ccccn2)n1.Cc1nc(NC(=O)c2ccco2)nc(-c2ccccn2)n1. The average molecular weight is 1460 g/mol. The van der Waals surface area contributed by atoms with Crippen molar-refractivity contribution in [1.29, 1.82) is 0 Å². The molecule has 0 aliphatic heterocycles. The average Bonchev–Trinajstić information content (AvgIpc) is 0.854. The molecule has 0 fully saturated rings. The second-order valence-electron chi connectivity index (χ2n) is 20.0. The van der Waals surface area contributed by atoms with Crippen LogP contribution in [0.1, 0.15) is 42.9 Å². The summed E-state index contributed by atoms with van der Waals surface area (Å²) in [6.45, 7) is 3.38. The third-order valence-corrected chi connectivity index (χ3v) is 16.5. The fraction of sp³-hybridized carbons (Fsp3) is 0.0938. The molecule has 506 valence electrons. The number of sulfone groups is 2. The van der Waals surface area contributed by atoms with Crippen molar-refractivity contribution in [3.8, 4) is 46.1 Å². The molecule has 0 spiro atoms. The quantitative estimate of drug-likeness (QED) is 0.0561. The van der Waals surface area contributed by atoms with Gasteiger partial charge in [0.1, 0.15) is 34.4 Å². The minimum Gasteiger partial charge on any atom is -0.459 e. The van der Waals surface area contributed by atoms with Crippen molar-refractivity contribution in [3.05, 3.63) is 221 Å². The van der Waals surface area contributed by atoms with Crippen molar-refractivity contribution in [2.24, 2.45) is 0 Å². The van der Waals surface area contributed by atoms with Crippen molar-refractivity contribution < 1.29 is 40.4 Å². The summed E-state index contributed by atoms with van der Waals surface area (Å²) in [6.07, 6.45) is 13.7. The highest BCUT2D eigenvalue weighted by Gasteiger charge is 2.21. The zero-order valence-corrected chi connectivity index (χ0v) is 57.8. The molecule has 0 saturated carbocycles. The van der Waals surface area contributed by atoms with Gasteiger partial charge in [-0.1, -0.05) is 89.2 Å². The van der Waals surface area contributed by atoms with Crippen LogP contribution in [0.3, 0.4) is 0 Å². The van der Waals surface area contributed by atoms with Crippen LogP contribution < -0.4 is 26.6 Å². The van der Waals surface area contributed by atoms with Gasteiger partial charge >= 0.3 is 6.03 Å². The highest BCUT2D eigenvalue weighted by Crippen LogP contribution is 2.26. The van der Waals surface area contributed by atoms with E-state index >= 15 is 0 Å². The fourth-order valence-corrected chi connectivity index (χ4v) is 10.7. The molecule has 36 heteroatoms. The highest BCUT2D eigenvalue weighted by molar-refractivity contribution is 7.98. The van der Waals surface area contributed by atoms with Gasteiger partial charge in [-0.3, -0.25) is 55.6 Å². The third kappa shape index (κ3) is 21.0. The number of aromatic nitrogens is 16. The van der Waals surface area contributed by atoms with Gasteiger partial charge in [-0.05, 0) is 136 Å². The first-order valence-corrected chi connectivity index (χ1v) is 35.8. The van der Waals surface area contributed by atoms with E-state index in [1.54, 1.807) is 124 Å². The molecule has 3 aromatic carbocycles. The van der Waals surface area contributed by atoms with E-state index in [2.05, 4.69) is 106 Å². The lowest BCUT2D eigenvalue weighted by molar-refractivity contribution is 0.0992. The number of thioether (sulfide) groups is 2. The number of hydrogen-bond acceptors (Lipinski definition) is 27. The Bertz CT molecular complexity index is 5120. The number of carbonyl (C=O) groups excluding carboxylic acids is 4. The van der Waals surface area contributed by atoms with Gasteiger partial charge in [0.25, 0.3) is 17.7 Å². The summed E-state index contributed by atoms with van der Waals surface area (Å²) < 4.78 is 51.4. The number of benzene rings is 3. The normalized spacial score (nSPS) is 10.8. The number of aryl methyl sites for hydroxylation is 2. The predicted octanol–water partition coefficient (Wildman–Crippen LogP) is 10.9. The van der Waals surface area contributed by atoms with E-state index < -0.39 is 43.4 Å². The fourth-order valence-electron chi connectivity index (χ4n) is 8.04. The first kappa shape index (κ1) is 72.7. The van der Waals surface area contributed by atoms with Crippen LogP contribution in [0.5, 0.6) is 0 Å². The summed E-state index contributed by atoms with van der Waals surface area (Å²) in [6, 6.07) is 41.1. The summed E-state index contributed by atoms with van der Waals surface area (Å²) in [5.41, 5.74) is 3.17. The summed E-state index contributed by atoms with van der Waals surface area (Å²) in [5, 5.41) is 13.9. The lowest BCUT2D eigenvalue weighted by Gasteiger charge is -2.09. The molecule has 30 nitrogen and oxygen atoms in total. The summed E-state index contributed by atoms with van der Waals surface area (Å²) in [7, 11) is -6.86. The molecule has 0 radical (unpaired) electrons. The molecule has 0 saturated heterocycles. The van der Waals surface area contributed by atoms with E-state index in [4.69, 9.17) is 27.6 Å². The van der Waals surface area contributed by atoms with Gasteiger partial charge in [0, 0.05) is 43.0 Å². The number of nitrogens with one attached hydrogen (secondary N) is 5. The molecule has 5 N–H and O–H groups in total. The Morgan fingerprint density at radius 1 is 0.400 bits per heavy atom. The molecule has 9 aromatic heterocycles. The van der Waals surface area contributed by atoms with Crippen LogP contribution in [-0.2, 0) is 19.7 Å². The molecule has 0 unspecified atom stereocenters. The van der Waals surface area contributed by atoms with Crippen molar-refractivity contribution in [3.63, 3.8) is 0 Å². The second kappa shape index (κ2) is 34.1. The van der Waals surface area contributed by atoms with Crippen LogP contribution in [0.25, 0.3) is 46.1 Å². The number of carbonyl (C=O) groups is 4. The van der Waals surface area contributed by atoms with Crippen LogP contribution in [0.15, 0.2) is 207 Å². The molecule has 12 aromatic rings. The number of nitrogens with zero attached hydrogens (tertiary/aromatic N) is 16. The van der Waals surface area contributed by atoms with E-state index in [9.17, 15) is 36.0 Å². The van der Waals surface area contributed by atoms with E-state index in [1.807, 2.05) is 42.7 Å². The van der Waals surface area contributed by atoms with Gasteiger partial charge in [-0.2, -0.15) is 39.9 Å². The lowest BCUT2D eigenvalue weighted by Crippen LogP contribution is -2.21. The Morgan fingerprint density at radius 2 is 0.770 bits per heavy atom. The van der Waals surface area contributed by atoms with Crippen molar-refractivity contribution >= 4 is 120 Å². The molecular weight excluding hydrogens is 1410 g/mol. The van der Waals surface area contributed by atoms with Crippen molar-refractivity contribution in [2.75, 3.05) is 51.6 Å². The zero-order chi connectivity index (χ0) is 71.3. The zero-order valence-electron chi connectivity index (χ0n) is 53.0. The molecule has 5 amide bonds.